The van der Waals surface area contributed by atoms with E-state index in [-0.39, 0.29) is 23.8 Å². The van der Waals surface area contributed by atoms with E-state index in [0.717, 1.165) is 5.56 Å². The second-order valence-corrected chi connectivity index (χ2v) is 8.73. The van der Waals surface area contributed by atoms with Gasteiger partial charge in [-0.1, -0.05) is 42.5 Å². The van der Waals surface area contributed by atoms with E-state index in [2.05, 4.69) is 10.6 Å². The molecule has 0 radical (unpaired) electrons. The van der Waals surface area contributed by atoms with Crippen LogP contribution in [0.3, 0.4) is 0 Å². The Labute approximate surface area is 176 Å². The number of nitrogens with zero attached hydrogens (tertiary/aromatic N) is 1. The number of carbonyl (C=O) groups excluding carboxylic acids is 2. The number of carbonyl (C=O) groups is 2. The van der Waals surface area contributed by atoms with Crippen molar-refractivity contribution in [3.8, 4) is 0 Å². The van der Waals surface area contributed by atoms with Crippen molar-refractivity contribution in [2.24, 2.45) is 0 Å². The number of para-hydroxylation sites is 1. The molecule has 2 aromatic carbocycles. The molecule has 0 aromatic heterocycles. The van der Waals surface area contributed by atoms with Gasteiger partial charge in [0.2, 0.25) is 5.91 Å². The van der Waals surface area contributed by atoms with E-state index in [1.165, 1.54) is 11.0 Å². The average molecular weight is 438 g/mol. The average Bonchev–Trinajstić information content (AvgIpc) is 2.77. The van der Waals surface area contributed by atoms with Crippen molar-refractivity contribution in [1.29, 1.82) is 0 Å². The Balaban J connectivity index is 0.00000300. The summed E-state index contributed by atoms with van der Waals surface area (Å²) in [5.74, 6) is -1.35. The standard InChI is InChI=1S/C20H23N3O4S.ClH/c1-14(21-2)19(24)22-16-13-28(26,27)18-11-7-6-10-17(18)23(20(16)25)12-15-8-4-3-5-9-15;/h3-11,14,16,21H,12-13H2,1-2H3,(H,22,24);1H. The van der Waals surface area contributed by atoms with Gasteiger partial charge in [0.1, 0.15) is 6.04 Å². The summed E-state index contributed by atoms with van der Waals surface area (Å²) in [6.45, 7) is 1.85. The van der Waals surface area contributed by atoms with Crippen molar-refractivity contribution in [2.75, 3.05) is 17.7 Å². The number of anilines is 1. The molecule has 0 spiro atoms. The van der Waals surface area contributed by atoms with E-state index in [1.807, 2.05) is 30.3 Å². The number of sulfone groups is 1. The lowest BCUT2D eigenvalue weighted by Gasteiger charge is -2.26. The monoisotopic (exact) mass is 437 g/mol. The fraction of sp³-hybridized carbons (Fsp3) is 0.300. The molecule has 2 unspecified atom stereocenters. The molecule has 0 saturated carbocycles. The fourth-order valence-electron chi connectivity index (χ4n) is 3.09. The molecule has 0 saturated heterocycles. The predicted octanol–water partition coefficient (Wildman–Crippen LogP) is 1.52. The molecule has 2 amide bonds. The molecular formula is C20H24ClN3O4S. The zero-order valence-electron chi connectivity index (χ0n) is 16.2. The van der Waals surface area contributed by atoms with Crippen LogP contribution in [0.2, 0.25) is 0 Å². The molecular weight excluding hydrogens is 414 g/mol. The zero-order valence-corrected chi connectivity index (χ0v) is 17.8. The molecule has 2 aromatic rings. The SMILES string of the molecule is CNC(C)C(=O)NC1CS(=O)(=O)c2ccccc2N(Cc2ccccc2)C1=O.Cl. The number of amides is 2. The van der Waals surface area contributed by atoms with Gasteiger partial charge in [0.15, 0.2) is 9.84 Å². The van der Waals surface area contributed by atoms with Crippen LogP contribution in [0, 0.1) is 0 Å². The molecule has 7 nitrogen and oxygen atoms in total. The molecule has 3 rings (SSSR count). The van der Waals surface area contributed by atoms with E-state index in [4.69, 9.17) is 0 Å². The van der Waals surface area contributed by atoms with Crippen molar-refractivity contribution < 1.29 is 18.0 Å². The molecule has 1 aliphatic heterocycles. The minimum atomic E-state index is -3.76. The van der Waals surface area contributed by atoms with Crippen molar-refractivity contribution in [3.63, 3.8) is 0 Å². The maximum Gasteiger partial charge on any atom is 0.250 e. The van der Waals surface area contributed by atoms with E-state index in [1.54, 1.807) is 32.2 Å². The van der Waals surface area contributed by atoms with Crippen molar-refractivity contribution in [2.45, 2.75) is 30.4 Å². The van der Waals surface area contributed by atoms with Crippen LogP contribution in [0.1, 0.15) is 12.5 Å². The number of hydrogen-bond acceptors (Lipinski definition) is 5. The molecule has 9 heteroatoms. The zero-order chi connectivity index (χ0) is 20.3. The highest BCUT2D eigenvalue weighted by molar-refractivity contribution is 7.91. The summed E-state index contributed by atoms with van der Waals surface area (Å²) in [5.41, 5.74) is 1.19. The van der Waals surface area contributed by atoms with Gasteiger partial charge in [-0.3, -0.25) is 9.59 Å². The normalized spacial score (nSPS) is 18.8. The van der Waals surface area contributed by atoms with Gasteiger partial charge in [0.25, 0.3) is 5.91 Å². The van der Waals surface area contributed by atoms with Crippen LogP contribution in [0.15, 0.2) is 59.5 Å². The second kappa shape index (κ2) is 9.39. The van der Waals surface area contributed by atoms with Gasteiger partial charge in [-0.25, -0.2) is 8.42 Å². The highest BCUT2D eigenvalue weighted by Gasteiger charge is 2.38. The van der Waals surface area contributed by atoms with E-state index in [9.17, 15) is 18.0 Å². The van der Waals surface area contributed by atoms with Gasteiger partial charge >= 0.3 is 0 Å². The van der Waals surface area contributed by atoms with Crippen LogP contribution >= 0.6 is 12.4 Å². The summed E-state index contributed by atoms with van der Waals surface area (Å²) in [6.07, 6.45) is 0. The van der Waals surface area contributed by atoms with Crippen LogP contribution in [0.4, 0.5) is 5.69 Å². The number of halogens is 1. The minimum Gasteiger partial charge on any atom is -0.342 e. The van der Waals surface area contributed by atoms with Crippen LogP contribution in [-0.2, 0) is 26.0 Å². The lowest BCUT2D eigenvalue weighted by atomic mass is 10.1. The van der Waals surface area contributed by atoms with Gasteiger partial charge in [0, 0.05) is 0 Å². The maximum atomic E-state index is 13.3. The second-order valence-electron chi connectivity index (χ2n) is 6.73. The smallest absolute Gasteiger partial charge is 0.250 e. The van der Waals surface area contributed by atoms with Crippen molar-refractivity contribution in [1.82, 2.24) is 10.6 Å². The predicted molar refractivity (Wildman–Crippen MR) is 114 cm³/mol. The van der Waals surface area contributed by atoms with Gasteiger partial charge in [0.05, 0.1) is 28.9 Å². The Morgan fingerprint density at radius 1 is 1.14 bits per heavy atom. The molecule has 1 heterocycles. The Bertz CT molecular complexity index is 982. The minimum absolute atomic E-state index is 0. The molecule has 0 aliphatic carbocycles. The lowest BCUT2D eigenvalue weighted by Crippen LogP contribution is -2.54. The molecule has 0 bridgehead atoms. The first kappa shape index (κ1) is 22.9. The van der Waals surface area contributed by atoms with Gasteiger partial charge in [-0.2, -0.15) is 0 Å². The largest absolute Gasteiger partial charge is 0.342 e. The Hall–Kier alpha value is -2.42. The summed E-state index contributed by atoms with van der Waals surface area (Å²) in [4.78, 5) is 27.1. The third kappa shape index (κ3) is 4.95. The van der Waals surface area contributed by atoms with Crippen molar-refractivity contribution in [3.05, 3.63) is 60.2 Å². The number of fused-ring (bicyclic) bond motifs is 1. The first-order valence-electron chi connectivity index (χ1n) is 8.98. The molecule has 2 N–H and O–H groups in total. The first-order valence-corrected chi connectivity index (χ1v) is 10.6. The highest BCUT2D eigenvalue weighted by Crippen LogP contribution is 2.31. The summed E-state index contributed by atoms with van der Waals surface area (Å²) in [5, 5.41) is 5.38. The third-order valence-electron chi connectivity index (χ3n) is 4.77. The van der Waals surface area contributed by atoms with E-state index < -0.39 is 39.5 Å². The number of benzene rings is 2. The molecule has 1 aliphatic rings. The fourth-order valence-corrected chi connectivity index (χ4v) is 4.72. The Morgan fingerprint density at radius 2 is 1.76 bits per heavy atom. The number of likely N-dealkylation sites (N-methyl/N-ethyl adjacent to an activating group) is 1. The van der Waals surface area contributed by atoms with Gasteiger partial charge < -0.3 is 15.5 Å². The van der Waals surface area contributed by atoms with Crippen molar-refractivity contribution >= 4 is 39.7 Å². The van der Waals surface area contributed by atoms with Crippen LogP contribution in [0.5, 0.6) is 0 Å². The van der Waals surface area contributed by atoms with Crippen LogP contribution < -0.4 is 15.5 Å². The number of rotatable bonds is 5. The molecule has 156 valence electrons. The lowest BCUT2D eigenvalue weighted by molar-refractivity contribution is -0.128. The summed E-state index contributed by atoms with van der Waals surface area (Å²) in [6, 6.07) is 14.0. The highest BCUT2D eigenvalue weighted by atomic mass is 35.5. The summed E-state index contributed by atoms with van der Waals surface area (Å²) >= 11 is 0. The van der Waals surface area contributed by atoms with Crippen LogP contribution in [0.25, 0.3) is 0 Å². The Kier molecular flexibility index (Phi) is 7.40. The molecule has 2 atom stereocenters. The van der Waals surface area contributed by atoms with Crippen LogP contribution in [-0.4, -0.2) is 45.1 Å². The molecule has 0 fully saturated rings. The molecule has 29 heavy (non-hydrogen) atoms. The quantitative estimate of drug-likeness (QED) is 0.739. The summed E-state index contributed by atoms with van der Waals surface area (Å²) < 4.78 is 25.8. The summed E-state index contributed by atoms with van der Waals surface area (Å²) in [7, 11) is -2.14. The van der Waals surface area contributed by atoms with Gasteiger partial charge in [-0.05, 0) is 31.7 Å². The first-order chi connectivity index (χ1) is 13.3. The number of nitrogens with one attached hydrogen (secondary N) is 2. The van der Waals surface area contributed by atoms with E-state index >= 15 is 0 Å². The third-order valence-corrected chi connectivity index (χ3v) is 6.56. The number of hydrogen-bond donors (Lipinski definition) is 2. The van der Waals surface area contributed by atoms with E-state index in [0.29, 0.717) is 5.69 Å². The topological polar surface area (TPSA) is 95.6 Å². The Morgan fingerprint density at radius 3 is 2.41 bits per heavy atom. The van der Waals surface area contributed by atoms with Gasteiger partial charge in [-0.15, -0.1) is 12.4 Å². The maximum absolute atomic E-state index is 13.3.